The standard InChI is InChI=1S/C8H7N.C4H9N/c1-2-4-8-7(3-1)5-6-9-8;5-3-4-1-2-4/h1-6,9H;4H,1-3,5H2. The van der Waals surface area contributed by atoms with Crippen molar-refractivity contribution in [2.24, 2.45) is 11.7 Å². The lowest BCUT2D eigenvalue weighted by Gasteiger charge is -1.83. The number of nitrogens with two attached hydrogens (primary N) is 1. The normalized spacial score (nSPS) is 14.9. The molecule has 1 aromatic carbocycles. The zero-order valence-electron chi connectivity index (χ0n) is 8.24. The summed E-state index contributed by atoms with van der Waals surface area (Å²) in [5, 5.41) is 1.28. The van der Waals surface area contributed by atoms with Gasteiger partial charge >= 0.3 is 0 Å². The van der Waals surface area contributed by atoms with E-state index in [9.17, 15) is 0 Å². The first-order chi connectivity index (χ1) is 6.90. The summed E-state index contributed by atoms with van der Waals surface area (Å²) in [5.74, 6) is 0.912. The van der Waals surface area contributed by atoms with Crippen LogP contribution in [-0.2, 0) is 0 Å². The van der Waals surface area contributed by atoms with E-state index in [4.69, 9.17) is 5.73 Å². The molecule has 3 rings (SSSR count). The predicted octanol–water partition coefficient (Wildman–Crippen LogP) is 2.52. The van der Waals surface area contributed by atoms with E-state index in [-0.39, 0.29) is 0 Å². The fourth-order valence-corrected chi connectivity index (χ4v) is 1.35. The van der Waals surface area contributed by atoms with Crippen LogP contribution in [0, 0.1) is 5.92 Å². The van der Waals surface area contributed by atoms with Gasteiger partial charge in [0.05, 0.1) is 0 Å². The van der Waals surface area contributed by atoms with E-state index in [0.717, 1.165) is 12.5 Å². The number of rotatable bonds is 1. The van der Waals surface area contributed by atoms with Crippen molar-refractivity contribution >= 4 is 10.9 Å². The van der Waals surface area contributed by atoms with Crippen molar-refractivity contribution in [1.82, 2.24) is 4.98 Å². The van der Waals surface area contributed by atoms with Gasteiger partial charge in [-0.15, -0.1) is 0 Å². The summed E-state index contributed by atoms with van der Waals surface area (Å²) >= 11 is 0. The van der Waals surface area contributed by atoms with Crippen LogP contribution < -0.4 is 5.73 Å². The monoisotopic (exact) mass is 188 g/mol. The molecule has 2 heteroatoms. The summed E-state index contributed by atoms with van der Waals surface area (Å²) < 4.78 is 0. The van der Waals surface area contributed by atoms with Gasteiger partial charge in [0.2, 0.25) is 0 Å². The predicted molar refractivity (Wildman–Crippen MR) is 60.1 cm³/mol. The number of H-pyrrole nitrogens is 1. The Bertz CT molecular complexity index is 358. The first kappa shape index (κ1) is 9.28. The van der Waals surface area contributed by atoms with Crippen LogP contribution in [0.5, 0.6) is 0 Å². The highest BCUT2D eigenvalue weighted by molar-refractivity contribution is 5.78. The molecule has 1 fully saturated rings. The smallest absolute Gasteiger partial charge is 0.0453 e. The second-order valence-corrected chi connectivity index (χ2v) is 3.74. The van der Waals surface area contributed by atoms with E-state index in [1.807, 2.05) is 18.3 Å². The number of aromatic nitrogens is 1. The molecule has 2 nitrogen and oxygen atoms in total. The summed E-state index contributed by atoms with van der Waals surface area (Å²) in [5.41, 5.74) is 6.44. The summed E-state index contributed by atoms with van der Waals surface area (Å²) in [6.07, 6.45) is 4.72. The Morgan fingerprint density at radius 3 is 2.57 bits per heavy atom. The first-order valence-corrected chi connectivity index (χ1v) is 5.12. The SMILES string of the molecule is NCC1CC1.c1ccc2[nH]ccc2c1. The zero-order chi connectivity index (χ0) is 9.80. The molecule has 0 radical (unpaired) electrons. The molecule has 1 heterocycles. The van der Waals surface area contributed by atoms with Gasteiger partial charge in [0.25, 0.3) is 0 Å². The van der Waals surface area contributed by atoms with Gasteiger partial charge in [0, 0.05) is 11.7 Å². The topological polar surface area (TPSA) is 41.8 Å². The molecule has 74 valence electrons. The minimum absolute atomic E-state index is 0.912. The average Bonchev–Trinajstić information content (AvgIpc) is 2.96. The number of aromatic amines is 1. The van der Waals surface area contributed by atoms with Crippen molar-refractivity contribution in [3.8, 4) is 0 Å². The molecule has 0 bridgehead atoms. The van der Waals surface area contributed by atoms with Crippen LogP contribution >= 0.6 is 0 Å². The van der Waals surface area contributed by atoms with Gasteiger partial charge in [0.1, 0.15) is 0 Å². The highest BCUT2D eigenvalue weighted by Crippen LogP contribution is 2.26. The molecule has 1 aromatic heterocycles. The van der Waals surface area contributed by atoms with Gasteiger partial charge in [0.15, 0.2) is 0 Å². The fraction of sp³-hybridized carbons (Fsp3) is 0.333. The maximum atomic E-state index is 5.23. The molecular weight excluding hydrogens is 172 g/mol. The number of hydrogen-bond acceptors (Lipinski definition) is 1. The first-order valence-electron chi connectivity index (χ1n) is 5.12. The van der Waals surface area contributed by atoms with Crippen molar-refractivity contribution in [3.05, 3.63) is 36.5 Å². The second-order valence-electron chi connectivity index (χ2n) is 3.74. The van der Waals surface area contributed by atoms with Gasteiger partial charge in [-0.3, -0.25) is 0 Å². The summed E-state index contributed by atoms with van der Waals surface area (Å²) in [4.78, 5) is 3.12. The summed E-state index contributed by atoms with van der Waals surface area (Å²) in [6, 6.07) is 10.3. The lowest BCUT2D eigenvalue weighted by molar-refractivity contribution is 0.847. The number of hydrogen-bond donors (Lipinski definition) is 2. The number of nitrogens with one attached hydrogen (secondary N) is 1. The quantitative estimate of drug-likeness (QED) is 0.709. The highest BCUT2D eigenvalue weighted by atomic mass is 14.7. The second kappa shape index (κ2) is 4.29. The maximum absolute atomic E-state index is 5.23. The van der Waals surface area contributed by atoms with Crippen molar-refractivity contribution < 1.29 is 0 Å². The van der Waals surface area contributed by atoms with Crippen molar-refractivity contribution in [1.29, 1.82) is 0 Å². The van der Waals surface area contributed by atoms with Gasteiger partial charge in [-0.05, 0) is 42.8 Å². The Morgan fingerprint density at radius 2 is 2.00 bits per heavy atom. The number of para-hydroxylation sites is 1. The van der Waals surface area contributed by atoms with Crippen LogP contribution in [0.1, 0.15) is 12.8 Å². The van der Waals surface area contributed by atoms with E-state index in [0.29, 0.717) is 0 Å². The third-order valence-electron chi connectivity index (χ3n) is 2.49. The molecule has 0 spiro atoms. The molecule has 0 atom stereocenters. The van der Waals surface area contributed by atoms with Crippen LogP contribution in [-0.4, -0.2) is 11.5 Å². The number of fused-ring (bicyclic) bond motifs is 1. The Balaban J connectivity index is 0.000000128. The van der Waals surface area contributed by atoms with Crippen molar-refractivity contribution in [3.63, 3.8) is 0 Å². The Kier molecular flexibility index (Phi) is 2.84. The van der Waals surface area contributed by atoms with E-state index >= 15 is 0 Å². The molecule has 1 aliphatic carbocycles. The van der Waals surface area contributed by atoms with E-state index in [1.165, 1.54) is 23.7 Å². The van der Waals surface area contributed by atoms with Gasteiger partial charge in [-0.2, -0.15) is 0 Å². The Hall–Kier alpha value is -1.28. The molecule has 2 aromatic rings. The van der Waals surface area contributed by atoms with E-state index in [2.05, 4.69) is 23.2 Å². The molecule has 14 heavy (non-hydrogen) atoms. The minimum Gasteiger partial charge on any atom is -0.361 e. The van der Waals surface area contributed by atoms with Crippen LogP contribution in [0.4, 0.5) is 0 Å². The van der Waals surface area contributed by atoms with E-state index < -0.39 is 0 Å². The molecule has 1 saturated carbocycles. The molecule has 0 saturated heterocycles. The third-order valence-corrected chi connectivity index (χ3v) is 2.49. The van der Waals surface area contributed by atoms with Crippen LogP contribution in [0.15, 0.2) is 36.5 Å². The summed E-state index contributed by atoms with van der Waals surface area (Å²) in [6.45, 7) is 0.917. The molecule has 0 aliphatic heterocycles. The van der Waals surface area contributed by atoms with Crippen molar-refractivity contribution in [2.75, 3.05) is 6.54 Å². The van der Waals surface area contributed by atoms with Gasteiger partial charge < -0.3 is 10.7 Å². The molecule has 0 amide bonds. The minimum atomic E-state index is 0.912. The van der Waals surface area contributed by atoms with Gasteiger partial charge in [-0.1, -0.05) is 18.2 Å². The maximum Gasteiger partial charge on any atom is 0.0453 e. The van der Waals surface area contributed by atoms with Crippen molar-refractivity contribution in [2.45, 2.75) is 12.8 Å². The van der Waals surface area contributed by atoms with Gasteiger partial charge in [-0.25, -0.2) is 0 Å². The fourth-order valence-electron chi connectivity index (χ4n) is 1.35. The molecule has 3 N–H and O–H groups in total. The number of benzene rings is 1. The molecular formula is C12H16N2. The van der Waals surface area contributed by atoms with Crippen LogP contribution in [0.2, 0.25) is 0 Å². The largest absolute Gasteiger partial charge is 0.361 e. The molecule has 1 aliphatic rings. The Labute approximate surface area is 84.1 Å². The third kappa shape index (κ3) is 2.36. The van der Waals surface area contributed by atoms with Crippen LogP contribution in [0.3, 0.4) is 0 Å². The molecule has 0 unspecified atom stereocenters. The Morgan fingerprint density at radius 1 is 1.21 bits per heavy atom. The average molecular weight is 188 g/mol. The summed E-state index contributed by atoms with van der Waals surface area (Å²) in [7, 11) is 0. The highest BCUT2D eigenvalue weighted by Gasteiger charge is 2.17. The lowest BCUT2D eigenvalue weighted by atomic mass is 10.3. The lowest BCUT2D eigenvalue weighted by Crippen LogP contribution is -1.98. The van der Waals surface area contributed by atoms with Crippen LogP contribution in [0.25, 0.3) is 10.9 Å². The zero-order valence-corrected chi connectivity index (χ0v) is 8.24. The van der Waals surface area contributed by atoms with E-state index in [1.54, 1.807) is 0 Å².